The summed E-state index contributed by atoms with van der Waals surface area (Å²) >= 11 is 0. The van der Waals surface area contributed by atoms with E-state index in [0.29, 0.717) is 12.8 Å². The third kappa shape index (κ3) is 4.45. The predicted molar refractivity (Wildman–Crippen MR) is 122 cm³/mol. The number of carboxylic acids is 1. The zero-order valence-corrected chi connectivity index (χ0v) is 18.4. The van der Waals surface area contributed by atoms with E-state index in [4.69, 9.17) is 9.84 Å². The minimum Gasteiger partial charge on any atom is -0.481 e. The minimum absolute atomic E-state index is 0.0141. The number of nitrogens with zero attached hydrogens (tertiary/aromatic N) is 1. The van der Waals surface area contributed by atoms with Crippen LogP contribution in [0.15, 0.2) is 48.5 Å². The van der Waals surface area contributed by atoms with Crippen molar-refractivity contribution in [2.45, 2.75) is 50.1 Å². The third-order valence-electron chi connectivity index (χ3n) is 6.99. The molecule has 2 aromatic rings. The van der Waals surface area contributed by atoms with Crippen LogP contribution in [0.25, 0.3) is 11.1 Å². The monoisotopic (exact) mass is 448 g/mol. The summed E-state index contributed by atoms with van der Waals surface area (Å²) in [6, 6.07) is 16.5. The molecule has 0 radical (unpaired) electrons. The van der Waals surface area contributed by atoms with Gasteiger partial charge in [0, 0.05) is 30.5 Å². The Morgan fingerprint density at radius 1 is 0.970 bits per heavy atom. The lowest BCUT2D eigenvalue weighted by atomic mass is 9.79. The van der Waals surface area contributed by atoms with Crippen LogP contribution in [-0.4, -0.2) is 53.2 Å². The van der Waals surface area contributed by atoms with Gasteiger partial charge < -0.3 is 20.1 Å². The van der Waals surface area contributed by atoms with Gasteiger partial charge >= 0.3 is 12.1 Å². The van der Waals surface area contributed by atoms with E-state index in [1.807, 2.05) is 24.3 Å². The molecule has 0 aromatic heterocycles. The summed E-state index contributed by atoms with van der Waals surface area (Å²) in [5, 5.41) is 11.8. The molecule has 3 aliphatic rings. The molecule has 0 heterocycles. The highest BCUT2D eigenvalue weighted by Crippen LogP contribution is 2.44. The van der Waals surface area contributed by atoms with E-state index in [-0.39, 0.29) is 49.4 Å². The number of amides is 2. The Labute approximate surface area is 192 Å². The number of alkyl carbamates (subject to hydrolysis) is 1. The lowest BCUT2D eigenvalue weighted by Gasteiger charge is -2.37. The van der Waals surface area contributed by atoms with Crippen molar-refractivity contribution in [1.82, 2.24) is 10.2 Å². The second kappa shape index (κ2) is 8.89. The average Bonchev–Trinajstić information content (AvgIpc) is 3.56. The lowest BCUT2D eigenvalue weighted by molar-refractivity contribution is -0.142. The first-order valence-corrected chi connectivity index (χ1v) is 11.6. The number of hydrogen-bond donors (Lipinski definition) is 2. The van der Waals surface area contributed by atoms with Crippen LogP contribution < -0.4 is 5.32 Å². The number of carboxylic acid groups (broad SMARTS) is 1. The second-order valence-corrected chi connectivity index (χ2v) is 9.24. The van der Waals surface area contributed by atoms with Crippen molar-refractivity contribution in [3.05, 3.63) is 59.7 Å². The molecule has 0 unspecified atom stereocenters. The molecule has 0 bridgehead atoms. The van der Waals surface area contributed by atoms with Gasteiger partial charge in [-0.2, -0.15) is 0 Å². The van der Waals surface area contributed by atoms with E-state index in [1.54, 1.807) is 4.90 Å². The van der Waals surface area contributed by atoms with E-state index in [1.165, 1.54) is 22.3 Å². The minimum atomic E-state index is -0.892. The average molecular weight is 449 g/mol. The van der Waals surface area contributed by atoms with Crippen molar-refractivity contribution in [1.29, 1.82) is 0 Å². The van der Waals surface area contributed by atoms with Gasteiger partial charge in [0.1, 0.15) is 6.61 Å². The molecule has 2 amide bonds. The highest BCUT2D eigenvalue weighted by Gasteiger charge is 2.42. The van der Waals surface area contributed by atoms with Crippen LogP contribution in [0.5, 0.6) is 0 Å². The summed E-state index contributed by atoms with van der Waals surface area (Å²) in [5.41, 5.74) is 4.71. The van der Waals surface area contributed by atoms with Crippen LogP contribution in [-0.2, 0) is 14.3 Å². The molecule has 0 saturated heterocycles. The van der Waals surface area contributed by atoms with E-state index in [9.17, 15) is 14.4 Å². The summed E-state index contributed by atoms with van der Waals surface area (Å²) < 4.78 is 5.59. The molecule has 2 saturated carbocycles. The molecule has 3 aliphatic carbocycles. The van der Waals surface area contributed by atoms with Crippen molar-refractivity contribution < 1.29 is 24.2 Å². The van der Waals surface area contributed by atoms with Crippen molar-refractivity contribution in [3.63, 3.8) is 0 Å². The number of hydrogen-bond acceptors (Lipinski definition) is 4. The van der Waals surface area contributed by atoms with Crippen molar-refractivity contribution in [2.24, 2.45) is 5.92 Å². The summed E-state index contributed by atoms with van der Waals surface area (Å²) in [4.78, 5) is 37.8. The number of carbonyl (C=O) groups excluding carboxylic acids is 2. The van der Waals surface area contributed by atoms with Crippen LogP contribution in [0.3, 0.4) is 0 Å². The topological polar surface area (TPSA) is 95.9 Å². The molecule has 172 valence electrons. The van der Waals surface area contributed by atoms with Crippen LogP contribution in [0, 0.1) is 5.92 Å². The standard InChI is InChI=1S/C26H28N2O5/c29-24(30)11-12-28(18-9-10-18)25(31)16-13-17(14-16)27-26(32)33-15-23-21-7-3-1-5-19(21)20-6-2-4-8-22(20)23/h1-8,16-18,23H,9-15H2,(H,27,32)(H,29,30). The second-order valence-electron chi connectivity index (χ2n) is 9.24. The fourth-order valence-corrected chi connectivity index (χ4v) is 5.05. The van der Waals surface area contributed by atoms with E-state index in [2.05, 4.69) is 29.6 Å². The van der Waals surface area contributed by atoms with Gasteiger partial charge in [-0.3, -0.25) is 9.59 Å². The van der Waals surface area contributed by atoms with E-state index < -0.39 is 12.1 Å². The Balaban J connectivity index is 1.11. The molecule has 33 heavy (non-hydrogen) atoms. The zero-order chi connectivity index (χ0) is 22.9. The quantitative estimate of drug-likeness (QED) is 0.641. The molecule has 5 rings (SSSR count). The number of fused-ring (bicyclic) bond motifs is 3. The van der Waals surface area contributed by atoms with Gasteiger partial charge in [0.15, 0.2) is 0 Å². The molecular weight excluding hydrogens is 420 g/mol. The molecular formula is C26H28N2O5. The molecule has 7 heteroatoms. The van der Waals surface area contributed by atoms with Gasteiger partial charge in [-0.1, -0.05) is 48.5 Å². The maximum absolute atomic E-state index is 12.8. The number of rotatable bonds is 8. The SMILES string of the molecule is O=C(O)CCN(C(=O)C1CC(NC(=O)OCC2c3ccccc3-c3ccccc32)C1)C1CC1. The lowest BCUT2D eigenvalue weighted by Crippen LogP contribution is -2.51. The van der Waals surface area contributed by atoms with Gasteiger partial charge in [-0.25, -0.2) is 4.79 Å². The van der Waals surface area contributed by atoms with Crippen LogP contribution in [0.1, 0.15) is 49.1 Å². The normalized spacial score (nSPS) is 20.8. The number of aliphatic carboxylic acids is 1. The zero-order valence-electron chi connectivity index (χ0n) is 18.4. The summed E-state index contributed by atoms with van der Waals surface area (Å²) in [6.45, 7) is 0.527. The predicted octanol–water partition coefficient (Wildman–Crippen LogP) is 3.77. The van der Waals surface area contributed by atoms with Crippen LogP contribution in [0.4, 0.5) is 4.79 Å². The van der Waals surface area contributed by atoms with Crippen molar-refractivity contribution in [2.75, 3.05) is 13.2 Å². The van der Waals surface area contributed by atoms with Gasteiger partial charge in [-0.05, 0) is 47.9 Å². The highest BCUT2D eigenvalue weighted by molar-refractivity contribution is 5.82. The molecule has 7 nitrogen and oxygen atoms in total. The Kier molecular flexibility index (Phi) is 5.79. The molecule has 0 aliphatic heterocycles. The first-order chi connectivity index (χ1) is 16.0. The first-order valence-electron chi connectivity index (χ1n) is 11.6. The Morgan fingerprint density at radius 3 is 2.15 bits per heavy atom. The highest BCUT2D eigenvalue weighted by atomic mass is 16.5. The van der Waals surface area contributed by atoms with Gasteiger partial charge in [0.25, 0.3) is 0 Å². The molecule has 0 atom stereocenters. The first kappa shape index (κ1) is 21.5. The summed E-state index contributed by atoms with van der Waals surface area (Å²) in [5.74, 6) is -1.01. The largest absolute Gasteiger partial charge is 0.481 e. The molecule has 0 spiro atoms. The van der Waals surface area contributed by atoms with Crippen LogP contribution >= 0.6 is 0 Å². The van der Waals surface area contributed by atoms with Gasteiger partial charge in [-0.15, -0.1) is 0 Å². The molecule has 2 aromatic carbocycles. The number of nitrogens with one attached hydrogen (secondary N) is 1. The van der Waals surface area contributed by atoms with Crippen molar-refractivity contribution in [3.8, 4) is 11.1 Å². The number of carbonyl (C=O) groups is 3. The maximum atomic E-state index is 12.8. The van der Waals surface area contributed by atoms with E-state index >= 15 is 0 Å². The van der Waals surface area contributed by atoms with Gasteiger partial charge in [0.05, 0.1) is 6.42 Å². The molecule has 2 N–H and O–H groups in total. The smallest absolute Gasteiger partial charge is 0.407 e. The summed E-state index contributed by atoms with van der Waals surface area (Å²) in [7, 11) is 0. The summed E-state index contributed by atoms with van der Waals surface area (Å²) in [6.07, 6.45) is 2.53. The fourth-order valence-electron chi connectivity index (χ4n) is 5.05. The number of benzene rings is 2. The molecule has 2 fully saturated rings. The van der Waals surface area contributed by atoms with Crippen molar-refractivity contribution >= 4 is 18.0 Å². The van der Waals surface area contributed by atoms with E-state index in [0.717, 1.165) is 12.8 Å². The van der Waals surface area contributed by atoms with Gasteiger partial charge in [0.2, 0.25) is 5.91 Å². The Hall–Kier alpha value is -3.35. The maximum Gasteiger partial charge on any atom is 0.407 e. The third-order valence-corrected chi connectivity index (χ3v) is 6.99. The Morgan fingerprint density at radius 2 is 1.58 bits per heavy atom. The number of ether oxygens (including phenoxy) is 1. The van der Waals surface area contributed by atoms with Crippen LogP contribution in [0.2, 0.25) is 0 Å². The fraction of sp³-hybridized carbons (Fsp3) is 0.423. The Bertz CT molecular complexity index is 1030.